The molecule has 0 aliphatic carbocycles. The monoisotopic (exact) mass is 346 g/mol. The van der Waals surface area contributed by atoms with Gasteiger partial charge < -0.3 is 20.6 Å². The molecule has 0 radical (unpaired) electrons. The highest BCUT2D eigenvalue weighted by Crippen LogP contribution is 2.20. The second-order valence-corrected chi connectivity index (χ2v) is 6.83. The van der Waals surface area contributed by atoms with Gasteiger partial charge in [0, 0.05) is 40.7 Å². The van der Waals surface area contributed by atoms with Crippen molar-refractivity contribution in [2.75, 3.05) is 20.1 Å². The Kier molecular flexibility index (Phi) is 5.04. The van der Waals surface area contributed by atoms with Crippen LogP contribution in [0.4, 0.5) is 0 Å². The highest BCUT2D eigenvalue weighted by atomic mass is 14.8. The molecule has 0 saturated carbocycles. The first kappa shape index (κ1) is 16.9. The van der Waals surface area contributed by atoms with Crippen LogP contribution >= 0.6 is 0 Å². The Bertz CT molecular complexity index is 996. The summed E-state index contributed by atoms with van der Waals surface area (Å²) < 4.78 is 0. The topological polar surface area (TPSA) is 55.6 Å². The Morgan fingerprint density at radius 1 is 0.808 bits per heavy atom. The van der Waals surface area contributed by atoms with Gasteiger partial charge in [-0.2, -0.15) is 0 Å². The van der Waals surface area contributed by atoms with Gasteiger partial charge in [0.25, 0.3) is 0 Å². The summed E-state index contributed by atoms with van der Waals surface area (Å²) in [5.74, 6) is 0. The molecule has 2 aromatic heterocycles. The van der Waals surface area contributed by atoms with Crippen molar-refractivity contribution in [3.63, 3.8) is 0 Å². The third-order valence-corrected chi connectivity index (χ3v) is 5.05. The second-order valence-electron chi connectivity index (χ2n) is 6.83. The Morgan fingerprint density at radius 3 is 2.38 bits per heavy atom. The van der Waals surface area contributed by atoms with E-state index in [4.69, 9.17) is 0 Å². The zero-order chi connectivity index (χ0) is 17.8. The van der Waals surface area contributed by atoms with E-state index in [1.807, 2.05) is 7.05 Å². The molecule has 0 saturated heterocycles. The van der Waals surface area contributed by atoms with Crippen molar-refractivity contribution in [1.29, 1.82) is 0 Å². The van der Waals surface area contributed by atoms with Gasteiger partial charge in [0.05, 0.1) is 0 Å². The quantitative estimate of drug-likeness (QED) is 0.367. The molecule has 26 heavy (non-hydrogen) atoms. The Morgan fingerprint density at radius 2 is 1.54 bits per heavy atom. The zero-order valence-corrected chi connectivity index (χ0v) is 15.2. The highest BCUT2D eigenvalue weighted by Gasteiger charge is 2.05. The van der Waals surface area contributed by atoms with Crippen LogP contribution in [0.25, 0.3) is 21.8 Å². The number of rotatable bonds is 8. The van der Waals surface area contributed by atoms with E-state index in [9.17, 15) is 0 Å². The molecule has 0 aliphatic heterocycles. The molecule has 0 unspecified atom stereocenters. The number of H-pyrrole nitrogens is 2. The van der Waals surface area contributed by atoms with Gasteiger partial charge in [-0.05, 0) is 61.8 Å². The van der Waals surface area contributed by atoms with E-state index in [0.29, 0.717) is 0 Å². The van der Waals surface area contributed by atoms with Crippen LogP contribution in [0.15, 0.2) is 54.9 Å². The fourth-order valence-electron chi connectivity index (χ4n) is 3.60. The molecule has 0 amide bonds. The highest BCUT2D eigenvalue weighted by molar-refractivity contribution is 5.84. The summed E-state index contributed by atoms with van der Waals surface area (Å²) in [6.07, 6.45) is 6.35. The summed E-state index contributed by atoms with van der Waals surface area (Å²) >= 11 is 0. The maximum absolute atomic E-state index is 3.57. The van der Waals surface area contributed by atoms with Crippen LogP contribution in [-0.2, 0) is 19.4 Å². The molecule has 4 N–H and O–H groups in total. The van der Waals surface area contributed by atoms with Gasteiger partial charge in [-0.3, -0.25) is 0 Å². The van der Waals surface area contributed by atoms with E-state index < -0.39 is 0 Å². The first-order valence-electron chi connectivity index (χ1n) is 9.34. The lowest BCUT2D eigenvalue weighted by Crippen LogP contribution is -2.16. The van der Waals surface area contributed by atoms with E-state index in [1.165, 1.54) is 38.5 Å². The van der Waals surface area contributed by atoms with Gasteiger partial charge in [-0.15, -0.1) is 0 Å². The molecule has 0 fully saturated rings. The number of nitrogens with one attached hydrogen (secondary N) is 4. The average Bonchev–Trinajstić information content (AvgIpc) is 3.27. The second kappa shape index (κ2) is 7.77. The van der Waals surface area contributed by atoms with E-state index in [1.54, 1.807) is 0 Å². The minimum absolute atomic E-state index is 0.892. The standard InChI is InChI=1S/C22H26N4/c1-23-10-8-17-15-26-22-12-16(6-7-20(17)22)13-24-11-9-18-14-25-21-5-3-2-4-19(18)21/h2-7,12,14-15,23-26H,8-11,13H2,1H3. The van der Waals surface area contributed by atoms with Gasteiger partial charge >= 0.3 is 0 Å². The smallest absolute Gasteiger partial charge is 0.0460 e. The summed E-state index contributed by atoms with van der Waals surface area (Å²) in [7, 11) is 1.99. The Labute approximate surface area is 154 Å². The SMILES string of the molecule is CNCCc1c[nH]c2cc(CNCCc3c[nH]c4ccccc34)ccc12. The maximum atomic E-state index is 3.57. The lowest BCUT2D eigenvalue weighted by molar-refractivity contribution is 0.689. The minimum atomic E-state index is 0.892. The van der Waals surface area contributed by atoms with E-state index in [-0.39, 0.29) is 0 Å². The van der Waals surface area contributed by atoms with Gasteiger partial charge in [-0.1, -0.05) is 30.3 Å². The van der Waals surface area contributed by atoms with Crippen LogP contribution in [0, 0.1) is 0 Å². The first-order valence-corrected chi connectivity index (χ1v) is 9.34. The van der Waals surface area contributed by atoms with Crippen LogP contribution in [0.2, 0.25) is 0 Å². The summed E-state index contributed by atoms with van der Waals surface area (Å²) in [4.78, 5) is 6.76. The largest absolute Gasteiger partial charge is 0.361 e. The molecule has 0 atom stereocenters. The van der Waals surface area contributed by atoms with Crippen molar-refractivity contribution in [3.8, 4) is 0 Å². The summed E-state index contributed by atoms with van der Waals surface area (Å²) in [6.45, 7) is 2.87. The molecular formula is C22H26N4. The normalized spacial score (nSPS) is 11.6. The van der Waals surface area contributed by atoms with E-state index in [0.717, 1.165) is 32.5 Å². The molecular weight excluding hydrogens is 320 g/mol. The number of aromatic amines is 2. The summed E-state index contributed by atoms with van der Waals surface area (Å²) in [6, 6.07) is 15.2. The third kappa shape index (κ3) is 3.52. The lowest BCUT2D eigenvalue weighted by atomic mass is 10.1. The molecule has 0 aliphatic rings. The van der Waals surface area contributed by atoms with Crippen molar-refractivity contribution in [2.24, 2.45) is 0 Å². The van der Waals surface area contributed by atoms with Crippen molar-refractivity contribution in [1.82, 2.24) is 20.6 Å². The van der Waals surface area contributed by atoms with Gasteiger partial charge in [0.1, 0.15) is 0 Å². The number of hydrogen-bond donors (Lipinski definition) is 4. The Balaban J connectivity index is 1.34. The fraction of sp³-hybridized carbons (Fsp3) is 0.273. The number of aromatic nitrogens is 2. The molecule has 4 aromatic rings. The van der Waals surface area contributed by atoms with Crippen LogP contribution in [0.1, 0.15) is 16.7 Å². The fourth-order valence-corrected chi connectivity index (χ4v) is 3.60. The molecule has 134 valence electrons. The van der Waals surface area contributed by atoms with Crippen LogP contribution < -0.4 is 10.6 Å². The first-order chi connectivity index (χ1) is 12.8. The predicted molar refractivity (Wildman–Crippen MR) is 110 cm³/mol. The van der Waals surface area contributed by atoms with Gasteiger partial charge in [0.2, 0.25) is 0 Å². The lowest BCUT2D eigenvalue weighted by Gasteiger charge is -2.06. The molecule has 2 heterocycles. The van der Waals surface area contributed by atoms with Crippen molar-refractivity contribution in [3.05, 3.63) is 71.5 Å². The van der Waals surface area contributed by atoms with E-state index >= 15 is 0 Å². The van der Waals surface area contributed by atoms with Crippen LogP contribution in [0.5, 0.6) is 0 Å². The molecule has 4 nitrogen and oxygen atoms in total. The number of fused-ring (bicyclic) bond motifs is 2. The van der Waals surface area contributed by atoms with Gasteiger partial charge in [-0.25, -0.2) is 0 Å². The molecule has 2 aromatic carbocycles. The van der Waals surface area contributed by atoms with Crippen LogP contribution in [-0.4, -0.2) is 30.1 Å². The molecule has 0 spiro atoms. The van der Waals surface area contributed by atoms with Crippen LogP contribution in [0.3, 0.4) is 0 Å². The number of benzene rings is 2. The maximum Gasteiger partial charge on any atom is 0.0460 e. The third-order valence-electron chi connectivity index (χ3n) is 5.05. The molecule has 0 bridgehead atoms. The average molecular weight is 346 g/mol. The van der Waals surface area contributed by atoms with Crippen molar-refractivity contribution in [2.45, 2.75) is 19.4 Å². The summed E-state index contributed by atoms with van der Waals surface area (Å²) in [5.41, 5.74) is 6.52. The Hall–Kier alpha value is -2.56. The zero-order valence-electron chi connectivity index (χ0n) is 15.2. The minimum Gasteiger partial charge on any atom is -0.361 e. The van der Waals surface area contributed by atoms with Gasteiger partial charge in [0.15, 0.2) is 0 Å². The molecule has 4 rings (SSSR count). The van der Waals surface area contributed by atoms with E-state index in [2.05, 4.69) is 75.5 Å². The summed E-state index contributed by atoms with van der Waals surface area (Å²) in [5, 5.41) is 9.45. The number of likely N-dealkylation sites (N-methyl/N-ethyl adjacent to an activating group) is 1. The predicted octanol–water partition coefficient (Wildman–Crippen LogP) is 3.74. The number of para-hydroxylation sites is 1. The number of hydrogen-bond acceptors (Lipinski definition) is 2. The van der Waals surface area contributed by atoms with Crippen molar-refractivity contribution < 1.29 is 0 Å². The molecule has 4 heteroatoms. The van der Waals surface area contributed by atoms with Crippen molar-refractivity contribution >= 4 is 21.8 Å².